The maximum Gasteiger partial charge on any atom is 0.416 e. The van der Waals surface area contributed by atoms with Crippen molar-refractivity contribution in [2.75, 3.05) is 26.2 Å². The number of amides is 1. The number of aromatic nitrogens is 1. The number of rotatable bonds is 6. The number of fused-ring (bicyclic) bond motifs is 1. The van der Waals surface area contributed by atoms with Gasteiger partial charge in [0.15, 0.2) is 0 Å². The largest absolute Gasteiger partial charge is 0.416 e. The SMILES string of the molecule is CC1=C(NS(=O)(=O)c2cccc3cccnc23)C=CC(C(=O)N2CCN(Cc3ccc(C(F)(F)F)cc3)CC2)C1. The van der Waals surface area contributed by atoms with Crippen molar-refractivity contribution in [2.24, 2.45) is 5.92 Å². The third kappa shape index (κ3) is 6.05. The molecule has 3 aromatic rings. The number of allylic oxidation sites excluding steroid dienone is 2. The molecule has 1 amide bonds. The third-order valence-electron chi connectivity index (χ3n) is 7.30. The number of piperazine rings is 1. The predicted octanol–water partition coefficient (Wildman–Crippen LogP) is 4.73. The van der Waals surface area contributed by atoms with Crippen LogP contribution in [-0.4, -0.2) is 55.3 Å². The van der Waals surface area contributed by atoms with Gasteiger partial charge >= 0.3 is 6.18 Å². The minimum Gasteiger partial charge on any atom is -0.340 e. The fourth-order valence-corrected chi connectivity index (χ4v) is 6.39. The van der Waals surface area contributed by atoms with Crippen molar-refractivity contribution in [3.05, 3.63) is 95.3 Å². The molecular weight excluding hydrogens is 541 g/mol. The molecule has 210 valence electrons. The van der Waals surface area contributed by atoms with Gasteiger partial charge in [0.2, 0.25) is 5.91 Å². The second-order valence-electron chi connectivity index (χ2n) is 10.1. The van der Waals surface area contributed by atoms with Crippen molar-refractivity contribution in [3.8, 4) is 0 Å². The number of benzene rings is 2. The zero-order chi connectivity index (χ0) is 28.5. The van der Waals surface area contributed by atoms with Crippen LogP contribution in [0.3, 0.4) is 0 Å². The first-order valence-corrected chi connectivity index (χ1v) is 14.4. The lowest BCUT2D eigenvalue weighted by Gasteiger charge is -2.36. The summed E-state index contributed by atoms with van der Waals surface area (Å²) in [6.45, 7) is 4.58. The third-order valence-corrected chi connectivity index (χ3v) is 8.70. The molecule has 7 nitrogen and oxygen atoms in total. The lowest BCUT2D eigenvalue weighted by Crippen LogP contribution is -2.50. The van der Waals surface area contributed by atoms with Crippen molar-refractivity contribution >= 4 is 26.8 Å². The quantitative estimate of drug-likeness (QED) is 0.464. The molecule has 1 aliphatic carbocycles. The summed E-state index contributed by atoms with van der Waals surface area (Å²) in [5, 5.41) is 0.723. The van der Waals surface area contributed by atoms with Crippen LogP contribution in [-0.2, 0) is 27.5 Å². The second-order valence-corrected chi connectivity index (χ2v) is 11.7. The number of para-hydroxylation sites is 1. The molecule has 1 atom stereocenters. The van der Waals surface area contributed by atoms with Crippen LogP contribution in [0.15, 0.2) is 89.1 Å². The Balaban J connectivity index is 1.17. The maximum atomic E-state index is 13.2. The maximum absolute atomic E-state index is 13.2. The lowest BCUT2D eigenvalue weighted by molar-refractivity contribution is -0.137. The number of carbonyl (C=O) groups excluding carboxylic acids is 1. The fraction of sp³-hybridized carbons (Fsp3) is 0.310. The Labute approximate surface area is 231 Å². The summed E-state index contributed by atoms with van der Waals surface area (Å²) in [7, 11) is -3.90. The van der Waals surface area contributed by atoms with Crippen molar-refractivity contribution in [1.29, 1.82) is 0 Å². The van der Waals surface area contributed by atoms with Gasteiger partial charge in [0, 0.05) is 50.0 Å². The number of nitrogens with zero attached hydrogens (tertiary/aromatic N) is 3. The summed E-state index contributed by atoms with van der Waals surface area (Å²) in [5.74, 6) is -0.418. The van der Waals surface area contributed by atoms with Crippen LogP contribution >= 0.6 is 0 Å². The molecule has 0 saturated carbocycles. The molecule has 0 radical (unpaired) electrons. The van der Waals surface area contributed by atoms with E-state index < -0.39 is 27.7 Å². The van der Waals surface area contributed by atoms with Crippen LogP contribution in [0.1, 0.15) is 24.5 Å². The molecular formula is C29H29F3N4O3S. The first-order valence-electron chi connectivity index (χ1n) is 12.9. The van der Waals surface area contributed by atoms with Crippen LogP contribution in [0.5, 0.6) is 0 Å². The van der Waals surface area contributed by atoms with Gasteiger partial charge in [0.25, 0.3) is 10.0 Å². The average Bonchev–Trinajstić information content (AvgIpc) is 2.93. The number of alkyl halides is 3. The topological polar surface area (TPSA) is 82.6 Å². The van der Waals surface area contributed by atoms with Crippen molar-refractivity contribution in [3.63, 3.8) is 0 Å². The Kier molecular flexibility index (Phi) is 7.70. The zero-order valence-corrected chi connectivity index (χ0v) is 22.7. The zero-order valence-electron chi connectivity index (χ0n) is 21.9. The highest BCUT2D eigenvalue weighted by atomic mass is 32.2. The summed E-state index contributed by atoms with van der Waals surface area (Å²) < 4.78 is 67.5. The molecule has 1 aliphatic heterocycles. The Hall–Kier alpha value is -3.70. The molecule has 1 saturated heterocycles. The Morgan fingerprint density at radius 1 is 1.02 bits per heavy atom. The van der Waals surface area contributed by atoms with Crippen LogP contribution in [0, 0.1) is 5.92 Å². The second kappa shape index (κ2) is 11.1. The van der Waals surface area contributed by atoms with Gasteiger partial charge in [-0.3, -0.25) is 19.4 Å². The summed E-state index contributed by atoms with van der Waals surface area (Å²) in [4.78, 5) is 21.5. The molecule has 0 spiro atoms. The van der Waals surface area contributed by atoms with Gasteiger partial charge in [-0.25, -0.2) is 8.42 Å². The molecule has 2 aliphatic rings. The summed E-state index contributed by atoms with van der Waals surface area (Å²) >= 11 is 0. The van der Waals surface area contributed by atoms with E-state index in [0.717, 1.165) is 28.7 Å². The molecule has 5 rings (SSSR count). The minimum absolute atomic E-state index is 0.0232. The van der Waals surface area contributed by atoms with Gasteiger partial charge in [-0.1, -0.05) is 36.4 Å². The van der Waals surface area contributed by atoms with Crippen molar-refractivity contribution < 1.29 is 26.4 Å². The molecule has 11 heteroatoms. The molecule has 1 aromatic heterocycles. The highest BCUT2D eigenvalue weighted by Crippen LogP contribution is 2.30. The van der Waals surface area contributed by atoms with E-state index in [2.05, 4.69) is 14.6 Å². The molecule has 40 heavy (non-hydrogen) atoms. The Morgan fingerprint density at radius 2 is 1.73 bits per heavy atom. The standard InChI is InChI=1S/C29H29F3N4O3S/c1-20-18-23(9-12-25(20)34-40(38,39)26-6-2-4-22-5-3-13-33-27(22)26)28(37)36-16-14-35(15-17-36)19-21-7-10-24(11-8-21)29(30,31)32/h2-13,23,34H,14-19H2,1H3. The van der Waals surface area contributed by atoms with E-state index in [9.17, 15) is 26.4 Å². The number of pyridine rings is 1. The van der Waals surface area contributed by atoms with Crippen LogP contribution < -0.4 is 4.72 Å². The smallest absolute Gasteiger partial charge is 0.340 e. The first-order chi connectivity index (χ1) is 19.0. The van der Waals surface area contributed by atoms with Gasteiger partial charge in [-0.2, -0.15) is 13.2 Å². The molecule has 2 aromatic carbocycles. The van der Waals surface area contributed by atoms with Crippen LogP contribution in [0.2, 0.25) is 0 Å². The highest BCUT2D eigenvalue weighted by Gasteiger charge is 2.31. The highest BCUT2D eigenvalue weighted by molar-refractivity contribution is 7.89. The van der Waals surface area contributed by atoms with Gasteiger partial charge in [-0.15, -0.1) is 0 Å². The van der Waals surface area contributed by atoms with Crippen LogP contribution in [0.25, 0.3) is 10.9 Å². The monoisotopic (exact) mass is 570 g/mol. The number of carbonyl (C=O) groups is 1. The summed E-state index contributed by atoms with van der Waals surface area (Å²) in [6, 6.07) is 13.7. The molecule has 2 heterocycles. The number of nitrogens with one attached hydrogen (secondary N) is 1. The van der Waals surface area contributed by atoms with E-state index in [1.54, 1.807) is 47.5 Å². The normalized spacial score (nSPS) is 18.8. The predicted molar refractivity (Wildman–Crippen MR) is 145 cm³/mol. The van der Waals surface area contributed by atoms with Gasteiger partial charge < -0.3 is 4.90 Å². The van der Waals surface area contributed by atoms with E-state index in [4.69, 9.17) is 0 Å². The van der Waals surface area contributed by atoms with Crippen molar-refractivity contribution in [2.45, 2.75) is 31.0 Å². The van der Waals surface area contributed by atoms with Gasteiger partial charge in [-0.05, 0) is 54.8 Å². The fourth-order valence-electron chi connectivity index (χ4n) is 5.06. The Bertz CT molecular complexity index is 1570. The van der Waals surface area contributed by atoms with E-state index in [0.29, 0.717) is 50.4 Å². The first kappa shape index (κ1) is 27.9. The molecule has 1 unspecified atom stereocenters. The van der Waals surface area contributed by atoms with E-state index >= 15 is 0 Å². The molecule has 1 N–H and O–H groups in total. The van der Waals surface area contributed by atoms with Gasteiger partial charge in [0.05, 0.1) is 17.0 Å². The number of hydrogen-bond donors (Lipinski definition) is 1. The van der Waals surface area contributed by atoms with Crippen molar-refractivity contribution in [1.82, 2.24) is 19.5 Å². The number of hydrogen-bond acceptors (Lipinski definition) is 5. The van der Waals surface area contributed by atoms with E-state index in [1.165, 1.54) is 18.2 Å². The van der Waals surface area contributed by atoms with E-state index in [-0.39, 0.29) is 10.8 Å². The Morgan fingerprint density at radius 3 is 2.40 bits per heavy atom. The number of halogens is 3. The lowest BCUT2D eigenvalue weighted by atomic mass is 9.92. The van der Waals surface area contributed by atoms with Gasteiger partial charge in [0.1, 0.15) is 4.90 Å². The molecule has 0 bridgehead atoms. The minimum atomic E-state index is -4.36. The number of sulfonamides is 1. The molecule has 1 fully saturated rings. The summed E-state index contributed by atoms with van der Waals surface area (Å²) in [6.07, 6.45) is 0.982. The van der Waals surface area contributed by atoms with Crippen LogP contribution in [0.4, 0.5) is 13.2 Å². The average molecular weight is 571 g/mol. The summed E-state index contributed by atoms with van der Waals surface area (Å²) in [5.41, 5.74) is 1.72. The van der Waals surface area contributed by atoms with E-state index in [1.807, 2.05) is 6.92 Å².